The van der Waals surface area contributed by atoms with E-state index < -0.39 is 0 Å². The molecule has 2 N–H and O–H groups in total. The van der Waals surface area contributed by atoms with E-state index in [1.807, 2.05) is 24.3 Å². The van der Waals surface area contributed by atoms with Crippen LogP contribution in [0, 0.1) is 5.92 Å². The predicted octanol–water partition coefficient (Wildman–Crippen LogP) is 3.37. The first-order valence-electron chi connectivity index (χ1n) is 10.9. The molecule has 2 fully saturated rings. The topological polar surface area (TPSA) is 79.4 Å². The number of amides is 1. The van der Waals surface area contributed by atoms with Crippen molar-refractivity contribution in [3.05, 3.63) is 42.2 Å². The summed E-state index contributed by atoms with van der Waals surface area (Å²) in [7, 11) is 1.65. The van der Waals surface area contributed by atoms with Gasteiger partial charge in [-0.25, -0.2) is 9.97 Å². The van der Waals surface area contributed by atoms with Crippen molar-refractivity contribution < 1.29 is 9.53 Å². The number of nitrogens with one attached hydrogen (secondary N) is 2. The van der Waals surface area contributed by atoms with Crippen LogP contribution in [0.5, 0.6) is 5.75 Å². The van der Waals surface area contributed by atoms with Crippen LogP contribution in [0.2, 0.25) is 0 Å². The standard InChI is InChI=1S/C23H31N5O2/c1-30-20-7-3-2-6-18(20)14-24-23(29)11-8-17-5-4-12-28(15-17)22-13-21(25-16-26-22)27-19-9-10-19/h2-3,6-7,13,16-17,19H,4-5,8-12,14-15H2,1H3,(H,24,29)(H,25,26,27)/t17-/m1/s1. The fourth-order valence-electron chi connectivity index (χ4n) is 4.01. The number of piperidine rings is 1. The Kier molecular flexibility index (Phi) is 6.67. The summed E-state index contributed by atoms with van der Waals surface area (Å²) in [6.07, 6.45) is 7.83. The summed E-state index contributed by atoms with van der Waals surface area (Å²) in [5.41, 5.74) is 0.997. The number of aromatic nitrogens is 2. The lowest BCUT2D eigenvalue weighted by Crippen LogP contribution is -2.36. The van der Waals surface area contributed by atoms with E-state index in [-0.39, 0.29) is 5.91 Å². The van der Waals surface area contributed by atoms with Crippen molar-refractivity contribution >= 4 is 17.5 Å². The number of hydrogen-bond donors (Lipinski definition) is 2. The van der Waals surface area contributed by atoms with Crippen LogP contribution in [0.4, 0.5) is 11.6 Å². The minimum absolute atomic E-state index is 0.0935. The number of nitrogens with zero attached hydrogens (tertiary/aromatic N) is 3. The van der Waals surface area contributed by atoms with Crippen LogP contribution >= 0.6 is 0 Å². The zero-order valence-electron chi connectivity index (χ0n) is 17.6. The number of hydrogen-bond acceptors (Lipinski definition) is 6. The van der Waals surface area contributed by atoms with Crippen molar-refractivity contribution in [3.63, 3.8) is 0 Å². The molecule has 1 aromatic carbocycles. The number of rotatable bonds is 9. The number of methoxy groups -OCH3 is 1. The average molecular weight is 410 g/mol. The molecular formula is C23H31N5O2. The monoisotopic (exact) mass is 409 g/mol. The molecule has 30 heavy (non-hydrogen) atoms. The van der Waals surface area contributed by atoms with Crippen molar-refractivity contribution in [2.75, 3.05) is 30.4 Å². The van der Waals surface area contributed by atoms with Gasteiger partial charge in [0.1, 0.15) is 23.7 Å². The Morgan fingerprint density at radius 1 is 1.23 bits per heavy atom. The molecule has 0 unspecified atom stereocenters. The highest BCUT2D eigenvalue weighted by Crippen LogP contribution is 2.28. The summed E-state index contributed by atoms with van der Waals surface area (Å²) in [6.45, 7) is 2.45. The molecule has 1 amide bonds. The zero-order valence-corrected chi connectivity index (χ0v) is 17.6. The Labute approximate surface area is 178 Å². The van der Waals surface area contributed by atoms with E-state index in [1.54, 1.807) is 13.4 Å². The molecule has 2 aliphatic rings. The van der Waals surface area contributed by atoms with Gasteiger partial charge in [-0.15, -0.1) is 0 Å². The molecule has 7 heteroatoms. The van der Waals surface area contributed by atoms with Gasteiger partial charge in [0, 0.05) is 43.7 Å². The van der Waals surface area contributed by atoms with E-state index in [0.717, 1.165) is 55.3 Å². The van der Waals surface area contributed by atoms with Gasteiger partial charge in [-0.05, 0) is 44.1 Å². The Hall–Kier alpha value is -2.83. The highest BCUT2D eigenvalue weighted by atomic mass is 16.5. The second-order valence-corrected chi connectivity index (χ2v) is 8.26. The minimum Gasteiger partial charge on any atom is -0.496 e. The molecule has 1 aliphatic carbocycles. The van der Waals surface area contributed by atoms with Gasteiger partial charge in [-0.1, -0.05) is 18.2 Å². The highest BCUT2D eigenvalue weighted by molar-refractivity contribution is 5.75. The summed E-state index contributed by atoms with van der Waals surface area (Å²) in [6, 6.07) is 10.4. The molecule has 0 radical (unpaired) electrons. The molecule has 4 rings (SSSR count). The van der Waals surface area contributed by atoms with E-state index >= 15 is 0 Å². The first kappa shape index (κ1) is 20.4. The molecule has 2 heterocycles. The molecule has 0 bridgehead atoms. The number of anilines is 2. The summed E-state index contributed by atoms with van der Waals surface area (Å²) in [4.78, 5) is 23.5. The summed E-state index contributed by atoms with van der Waals surface area (Å²) >= 11 is 0. The van der Waals surface area contributed by atoms with Gasteiger partial charge in [0.05, 0.1) is 7.11 Å². The summed E-state index contributed by atoms with van der Waals surface area (Å²) in [5, 5.41) is 6.47. The fourth-order valence-corrected chi connectivity index (χ4v) is 4.01. The predicted molar refractivity (Wildman–Crippen MR) is 118 cm³/mol. The van der Waals surface area contributed by atoms with Gasteiger partial charge in [0.2, 0.25) is 5.91 Å². The quantitative estimate of drug-likeness (QED) is 0.661. The largest absolute Gasteiger partial charge is 0.496 e. The molecule has 2 aromatic rings. The second kappa shape index (κ2) is 9.78. The Morgan fingerprint density at radius 2 is 2.10 bits per heavy atom. The van der Waals surface area contributed by atoms with Gasteiger partial charge < -0.3 is 20.3 Å². The molecule has 1 aromatic heterocycles. The number of benzene rings is 1. The van der Waals surface area contributed by atoms with E-state index in [4.69, 9.17) is 4.74 Å². The molecule has 1 saturated carbocycles. The molecule has 1 aliphatic heterocycles. The molecule has 7 nitrogen and oxygen atoms in total. The molecule has 160 valence electrons. The van der Waals surface area contributed by atoms with Crippen molar-refractivity contribution in [1.82, 2.24) is 15.3 Å². The van der Waals surface area contributed by atoms with E-state index in [1.165, 1.54) is 12.8 Å². The maximum Gasteiger partial charge on any atom is 0.220 e. The molecule has 0 spiro atoms. The van der Waals surface area contributed by atoms with Crippen LogP contribution < -0.4 is 20.3 Å². The van der Waals surface area contributed by atoms with Crippen LogP contribution in [-0.4, -0.2) is 42.1 Å². The maximum absolute atomic E-state index is 12.4. The van der Waals surface area contributed by atoms with Crippen molar-refractivity contribution in [2.24, 2.45) is 5.92 Å². The molecular weight excluding hydrogens is 378 g/mol. The Morgan fingerprint density at radius 3 is 2.93 bits per heavy atom. The van der Waals surface area contributed by atoms with Crippen LogP contribution in [0.1, 0.15) is 44.1 Å². The van der Waals surface area contributed by atoms with Crippen LogP contribution in [-0.2, 0) is 11.3 Å². The van der Waals surface area contributed by atoms with E-state index in [0.29, 0.717) is 24.9 Å². The van der Waals surface area contributed by atoms with Crippen LogP contribution in [0.25, 0.3) is 0 Å². The third-order valence-electron chi connectivity index (χ3n) is 5.87. The third-order valence-corrected chi connectivity index (χ3v) is 5.87. The number of carbonyl (C=O) groups excluding carboxylic acids is 1. The zero-order chi connectivity index (χ0) is 20.8. The van der Waals surface area contributed by atoms with Gasteiger partial charge >= 0.3 is 0 Å². The van der Waals surface area contributed by atoms with Gasteiger partial charge in [0.15, 0.2) is 0 Å². The maximum atomic E-state index is 12.4. The lowest BCUT2D eigenvalue weighted by molar-refractivity contribution is -0.121. The van der Waals surface area contributed by atoms with Crippen molar-refractivity contribution in [2.45, 2.75) is 51.1 Å². The first-order chi connectivity index (χ1) is 14.7. The minimum atomic E-state index is 0.0935. The Bertz CT molecular complexity index is 855. The SMILES string of the molecule is COc1ccccc1CNC(=O)CC[C@H]1CCCN(c2cc(NC3CC3)ncn2)C1. The molecule has 1 atom stereocenters. The van der Waals surface area contributed by atoms with E-state index in [9.17, 15) is 4.79 Å². The number of ether oxygens (including phenoxy) is 1. The van der Waals surface area contributed by atoms with Gasteiger partial charge in [-0.2, -0.15) is 0 Å². The average Bonchev–Trinajstić information content (AvgIpc) is 3.61. The first-order valence-corrected chi connectivity index (χ1v) is 10.9. The lowest BCUT2D eigenvalue weighted by Gasteiger charge is -2.33. The van der Waals surface area contributed by atoms with Crippen LogP contribution in [0.3, 0.4) is 0 Å². The lowest BCUT2D eigenvalue weighted by atomic mass is 9.93. The Balaban J connectivity index is 1.24. The molecule has 1 saturated heterocycles. The second-order valence-electron chi connectivity index (χ2n) is 8.26. The van der Waals surface area contributed by atoms with Gasteiger partial charge in [-0.3, -0.25) is 4.79 Å². The van der Waals surface area contributed by atoms with Crippen molar-refractivity contribution in [1.29, 1.82) is 0 Å². The van der Waals surface area contributed by atoms with Crippen molar-refractivity contribution in [3.8, 4) is 5.75 Å². The summed E-state index contributed by atoms with van der Waals surface area (Å²) < 4.78 is 5.35. The number of para-hydroxylation sites is 1. The smallest absolute Gasteiger partial charge is 0.220 e. The third kappa shape index (κ3) is 5.62. The number of carbonyl (C=O) groups is 1. The van der Waals surface area contributed by atoms with Crippen LogP contribution in [0.15, 0.2) is 36.7 Å². The fraction of sp³-hybridized carbons (Fsp3) is 0.522. The van der Waals surface area contributed by atoms with Gasteiger partial charge in [0.25, 0.3) is 0 Å². The highest BCUT2D eigenvalue weighted by Gasteiger charge is 2.24. The van der Waals surface area contributed by atoms with E-state index in [2.05, 4.69) is 31.6 Å². The normalized spacial score (nSPS) is 18.7. The summed E-state index contributed by atoms with van der Waals surface area (Å²) in [5.74, 6) is 3.31.